The Bertz CT molecular complexity index is 443. The smallest absolute Gasteiger partial charge is 0.341 e. The fraction of sp³-hybridized carbons (Fsp3) is 0.571. The molecule has 0 aliphatic heterocycles. The minimum Gasteiger partial charge on any atom is -0.477 e. The molecular formula is C14H22N2O3. The Balaban J connectivity index is 2.80. The maximum absolute atomic E-state index is 11.2. The van der Waals surface area contributed by atoms with Crippen molar-refractivity contribution in [1.29, 1.82) is 0 Å². The van der Waals surface area contributed by atoms with Gasteiger partial charge in [-0.1, -0.05) is 13.8 Å². The Kier molecular flexibility index (Phi) is 5.76. The maximum atomic E-state index is 11.2. The molecule has 0 saturated carbocycles. The topological polar surface area (TPSA) is 62.7 Å². The fourth-order valence-electron chi connectivity index (χ4n) is 1.98. The summed E-state index contributed by atoms with van der Waals surface area (Å²) in [6, 6.07) is 1.75. The number of aryl methyl sites for hydroxylation is 2. The van der Waals surface area contributed by atoms with Gasteiger partial charge in [-0.25, -0.2) is 9.78 Å². The van der Waals surface area contributed by atoms with E-state index in [1.807, 2.05) is 6.92 Å². The second-order valence-corrected chi connectivity index (χ2v) is 4.44. The van der Waals surface area contributed by atoms with Crippen LogP contribution in [0.25, 0.3) is 0 Å². The minimum absolute atomic E-state index is 0.158. The van der Waals surface area contributed by atoms with Crippen LogP contribution in [0.1, 0.15) is 35.5 Å². The molecule has 5 nitrogen and oxygen atoms in total. The molecule has 1 aromatic heterocycles. The highest BCUT2D eigenvalue weighted by Crippen LogP contribution is 2.20. The lowest BCUT2D eigenvalue weighted by Crippen LogP contribution is -2.28. The molecule has 1 N–H and O–H groups in total. The Hall–Kier alpha value is -1.62. The van der Waals surface area contributed by atoms with Gasteiger partial charge in [0.1, 0.15) is 12.2 Å². The number of carbonyl (C=O) groups is 1. The van der Waals surface area contributed by atoms with Gasteiger partial charge in [-0.15, -0.1) is 0 Å². The Morgan fingerprint density at radius 1 is 1.37 bits per heavy atom. The second kappa shape index (κ2) is 7.09. The summed E-state index contributed by atoms with van der Waals surface area (Å²) in [6.45, 7) is 10.9. The third-order valence-electron chi connectivity index (χ3n) is 3.07. The molecular weight excluding hydrogens is 244 g/mol. The SMILES string of the molecule is CCN(CC)CCOc1nc(C)cc(C)c1C(=O)O. The highest BCUT2D eigenvalue weighted by Gasteiger charge is 2.17. The van der Waals surface area contributed by atoms with E-state index in [-0.39, 0.29) is 11.4 Å². The van der Waals surface area contributed by atoms with Gasteiger partial charge in [0.05, 0.1) is 0 Å². The summed E-state index contributed by atoms with van der Waals surface area (Å²) >= 11 is 0. The molecule has 1 aromatic rings. The lowest BCUT2D eigenvalue weighted by atomic mass is 10.1. The molecule has 0 radical (unpaired) electrons. The molecule has 0 amide bonds. The van der Waals surface area contributed by atoms with Gasteiger partial charge in [-0.3, -0.25) is 0 Å². The molecule has 1 rings (SSSR count). The highest BCUT2D eigenvalue weighted by molar-refractivity contribution is 5.91. The van der Waals surface area contributed by atoms with Crippen molar-refractivity contribution in [1.82, 2.24) is 9.88 Å². The summed E-state index contributed by atoms with van der Waals surface area (Å²) in [5.41, 5.74) is 1.60. The van der Waals surface area contributed by atoms with Crippen molar-refractivity contribution >= 4 is 5.97 Å². The first kappa shape index (κ1) is 15.4. The van der Waals surface area contributed by atoms with E-state index in [9.17, 15) is 9.90 Å². The molecule has 0 atom stereocenters. The zero-order chi connectivity index (χ0) is 14.4. The fourth-order valence-corrected chi connectivity index (χ4v) is 1.98. The van der Waals surface area contributed by atoms with Crippen molar-refractivity contribution in [3.8, 4) is 5.88 Å². The van der Waals surface area contributed by atoms with Gasteiger partial charge < -0.3 is 14.7 Å². The predicted octanol–water partition coefficient (Wildman–Crippen LogP) is 2.12. The van der Waals surface area contributed by atoms with Crippen molar-refractivity contribution in [3.63, 3.8) is 0 Å². The van der Waals surface area contributed by atoms with Crippen molar-refractivity contribution in [3.05, 3.63) is 22.9 Å². The zero-order valence-electron chi connectivity index (χ0n) is 12.1. The average molecular weight is 266 g/mol. The van der Waals surface area contributed by atoms with E-state index >= 15 is 0 Å². The molecule has 0 saturated heterocycles. The summed E-state index contributed by atoms with van der Waals surface area (Å²) in [6.07, 6.45) is 0. The largest absolute Gasteiger partial charge is 0.477 e. The van der Waals surface area contributed by atoms with Crippen molar-refractivity contribution in [2.24, 2.45) is 0 Å². The van der Waals surface area contributed by atoms with Crippen LogP contribution < -0.4 is 4.74 Å². The van der Waals surface area contributed by atoms with Gasteiger partial charge in [0.2, 0.25) is 5.88 Å². The van der Waals surface area contributed by atoms with Crippen LogP contribution in [-0.2, 0) is 0 Å². The van der Waals surface area contributed by atoms with E-state index < -0.39 is 5.97 Å². The number of likely N-dealkylation sites (N-methyl/N-ethyl adjacent to an activating group) is 1. The number of aromatic nitrogens is 1. The molecule has 0 unspecified atom stereocenters. The predicted molar refractivity (Wildman–Crippen MR) is 74.0 cm³/mol. The highest BCUT2D eigenvalue weighted by atomic mass is 16.5. The van der Waals surface area contributed by atoms with E-state index in [4.69, 9.17) is 4.74 Å². The molecule has 1 heterocycles. The standard InChI is InChI=1S/C14H22N2O3/c1-5-16(6-2)7-8-19-13-12(14(17)18)10(3)9-11(4)15-13/h9H,5-8H2,1-4H3,(H,17,18). The van der Waals surface area contributed by atoms with Crippen LogP contribution in [0.3, 0.4) is 0 Å². The van der Waals surface area contributed by atoms with Crippen molar-refractivity contribution < 1.29 is 14.6 Å². The zero-order valence-corrected chi connectivity index (χ0v) is 12.1. The van der Waals surface area contributed by atoms with Gasteiger partial charge in [0.25, 0.3) is 0 Å². The minimum atomic E-state index is -0.997. The first-order valence-electron chi connectivity index (χ1n) is 6.56. The summed E-state index contributed by atoms with van der Waals surface area (Å²) < 4.78 is 5.56. The summed E-state index contributed by atoms with van der Waals surface area (Å²) in [4.78, 5) is 17.6. The number of hydrogen-bond acceptors (Lipinski definition) is 4. The van der Waals surface area contributed by atoms with E-state index in [0.717, 1.165) is 25.3 Å². The van der Waals surface area contributed by atoms with Gasteiger partial charge in [-0.2, -0.15) is 0 Å². The monoisotopic (exact) mass is 266 g/mol. The lowest BCUT2D eigenvalue weighted by Gasteiger charge is -2.18. The molecule has 0 aliphatic rings. The number of hydrogen-bond donors (Lipinski definition) is 1. The number of nitrogens with zero attached hydrogens (tertiary/aromatic N) is 2. The first-order valence-corrected chi connectivity index (χ1v) is 6.56. The molecule has 0 spiro atoms. The van der Waals surface area contributed by atoms with Crippen LogP contribution >= 0.6 is 0 Å². The summed E-state index contributed by atoms with van der Waals surface area (Å²) in [5.74, 6) is -0.778. The Labute approximate surface area is 114 Å². The molecule has 106 valence electrons. The third-order valence-corrected chi connectivity index (χ3v) is 3.07. The van der Waals surface area contributed by atoms with Crippen LogP contribution in [-0.4, -0.2) is 47.2 Å². The number of ether oxygens (including phenoxy) is 1. The molecule has 0 aliphatic carbocycles. The van der Waals surface area contributed by atoms with E-state index in [1.54, 1.807) is 13.0 Å². The summed E-state index contributed by atoms with van der Waals surface area (Å²) in [5, 5.41) is 9.21. The Morgan fingerprint density at radius 3 is 2.53 bits per heavy atom. The van der Waals surface area contributed by atoms with Crippen molar-refractivity contribution in [2.45, 2.75) is 27.7 Å². The van der Waals surface area contributed by atoms with E-state index in [0.29, 0.717) is 12.2 Å². The van der Waals surface area contributed by atoms with Crippen LogP contribution in [0, 0.1) is 13.8 Å². The Morgan fingerprint density at radius 2 is 2.00 bits per heavy atom. The molecule has 5 heteroatoms. The van der Waals surface area contributed by atoms with Crippen LogP contribution in [0.2, 0.25) is 0 Å². The first-order chi connectivity index (χ1) is 8.99. The van der Waals surface area contributed by atoms with Crippen LogP contribution in [0.5, 0.6) is 5.88 Å². The van der Waals surface area contributed by atoms with Gasteiger partial charge in [0, 0.05) is 12.2 Å². The van der Waals surface area contributed by atoms with E-state index in [1.165, 1.54) is 0 Å². The van der Waals surface area contributed by atoms with Gasteiger partial charge in [0.15, 0.2) is 0 Å². The maximum Gasteiger partial charge on any atom is 0.341 e. The number of carboxylic acids is 1. The van der Waals surface area contributed by atoms with Crippen molar-refractivity contribution in [2.75, 3.05) is 26.2 Å². The number of aromatic carboxylic acids is 1. The molecule has 0 aromatic carbocycles. The molecule has 19 heavy (non-hydrogen) atoms. The van der Waals surface area contributed by atoms with Crippen LogP contribution in [0.4, 0.5) is 0 Å². The van der Waals surface area contributed by atoms with E-state index in [2.05, 4.69) is 23.7 Å². The quantitative estimate of drug-likeness (QED) is 0.819. The summed E-state index contributed by atoms with van der Waals surface area (Å²) in [7, 11) is 0. The van der Waals surface area contributed by atoms with Crippen LogP contribution in [0.15, 0.2) is 6.07 Å². The lowest BCUT2D eigenvalue weighted by molar-refractivity contribution is 0.0689. The van der Waals surface area contributed by atoms with Gasteiger partial charge in [-0.05, 0) is 38.6 Å². The third kappa shape index (κ3) is 4.21. The number of rotatable bonds is 7. The number of pyridine rings is 1. The second-order valence-electron chi connectivity index (χ2n) is 4.44. The molecule has 0 bridgehead atoms. The average Bonchev–Trinajstić information content (AvgIpc) is 2.33. The van der Waals surface area contributed by atoms with Gasteiger partial charge >= 0.3 is 5.97 Å². The molecule has 0 fully saturated rings. The number of carboxylic acid groups (broad SMARTS) is 1. The normalized spacial score (nSPS) is 10.8.